The van der Waals surface area contributed by atoms with Gasteiger partial charge in [0.2, 0.25) is 10.0 Å². The molecule has 0 aliphatic carbocycles. The first kappa shape index (κ1) is 24.6. The Bertz CT molecular complexity index is 1510. The van der Waals surface area contributed by atoms with E-state index in [9.17, 15) is 13.2 Å². The fraction of sp³-hybridized carbons (Fsp3) is 0.148. The largest absolute Gasteiger partial charge is 0.379 e. The summed E-state index contributed by atoms with van der Waals surface area (Å²) in [5.41, 5.74) is 5.90. The van der Waals surface area contributed by atoms with Gasteiger partial charge in [-0.25, -0.2) is 18.5 Å². The van der Waals surface area contributed by atoms with Crippen molar-refractivity contribution in [3.8, 4) is 16.9 Å². The number of para-hydroxylation sites is 1. The first-order chi connectivity index (χ1) is 18.0. The van der Waals surface area contributed by atoms with Crippen LogP contribution in [0.5, 0.6) is 0 Å². The Morgan fingerprint density at radius 2 is 1.65 bits per heavy atom. The van der Waals surface area contributed by atoms with E-state index < -0.39 is 15.9 Å². The Labute approximate surface area is 215 Å². The molecule has 0 atom stereocenters. The van der Waals surface area contributed by atoms with Gasteiger partial charge < -0.3 is 4.74 Å². The van der Waals surface area contributed by atoms with E-state index in [0.717, 1.165) is 11.3 Å². The molecule has 10 heteroatoms. The van der Waals surface area contributed by atoms with Crippen LogP contribution in [-0.2, 0) is 14.8 Å². The summed E-state index contributed by atoms with van der Waals surface area (Å²) < 4.78 is 34.3. The fourth-order valence-corrected chi connectivity index (χ4v) is 5.43. The molecular formula is C27H25N5O4S. The van der Waals surface area contributed by atoms with Crippen LogP contribution >= 0.6 is 0 Å². The first-order valence-corrected chi connectivity index (χ1v) is 13.2. The number of hydrazone groups is 1. The molecule has 3 aromatic carbocycles. The molecule has 1 amide bonds. The van der Waals surface area contributed by atoms with Gasteiger partial charge in [-0.05, 0) is 30.3 Å². The molecule has 4 aromatic rings. The monoisotopic (exact) mass is 515 g/mol. The second-order valence-electron chi connectivity index (χ2n) is 8.32. The number of aromatic nitrogens is 2. The number of carbonyl (C=O) groups is 1. The maximum atomic E-state index is 13.0. The second kappa shape index (κ2) is 10.9. The summed E-state index contributed by atoms with van der Waals surface area (Å²) in [4.78, 5) is 12.9. The summed E-state index contributed by atoms with van der Waals surface area (Å²) in [6, 6.07) is 25.3. The molecule has 0 radical (unpaired) electrons. The average molecular weight is 516 g/mol. The third kappa shape index (κ3) is 5.51. The minimum Gasteiger partial charge on any atom is -0.379 e. The SMILES string of the molecule is O=C(NN=Cc1cn(-c2ccccc2)nc1-c1ccccc1)c1cccc(S(=O)(=O)N2CCOCC2)c1. The van der Waals surface area contributed by atoms with Crippen molar-refractivity contribution in [1.82, 2.24) is 19.5 Å². The summed E-state index contributed by atoms with van der Waals surface area (Å²) in [5, 5.41) is 8.86. The zero-order chi connectivity index (χ0) is 25.7. The number of ether oxygens (including phenoxy) is 1. The van der Waals surface area contributed by atoms with Gasteiger partial charge in [0.1, 0.15) is 5.69 Å². The predicted molar refractivity (Wildman–Crippen MR) is 140 cm³/mol. The van der Waals surface area contributed by atoms with E-state index in [1.54, 1.807) is 16.8 Å². The maximum Gasteiger partial charge on any atom is 0.271 e. The summed E-state index contributed by atoms with van der Waals surface area (Å²) >= 11 is 0. The molecule has 5 rings (SSSR count). The zero-order valence-corrected chi connectivity index (χ0v) is 20.7. The highest BCUT2D eigenvalue weighted by Crippen LogP contribution is 2.22. The van der Waals surface area contributed by atoms with Crippen molar-refractivity contribution < 1.29 is 17.9 Å². The van der Waals surface area contributed by atoms with Gasteiger partial charge in [-0.15, -0.1) is 0 Å². The molecule has 0 unspecified atom stereocenters. The topological polar surface area (TPSA) is 106 Å². The van der Waals surface area contributed by atoms with E-state index in [4.69, 9.17) is 9.84 Å². The van der Waals surface area contributed by atoms with E-state index in [0.29, 0.717) is 24.5 Å². The molecule has 1 aromatic heterocycles. The van der Waals surface area contributed by atoms with Gasteiger partial charge in [-0.1, -0.05) is 54.6 Å². The van der Waals surface area contributed by atoms with Crippen molar-refractivity contribution in [2.24, 2.45) is 5.10 Å². The van der Waals surface area contributed by atoms with Gasteiger partial charge in [0, 0.05) is 36.0 Å². The maximum absolute atomic E-state index is 13.0. The molecule has 188 valence electrons. The number of rotatable bonds is 7. The number of morpholine rings is 1. The molecule has 0 spiro atoms. The molecule has 1 fully saturated rings. The second-order valence-corrected chi connectivity index (χ2v) is 10.3. The highest BCUT2D eigenvalue weighted by molar-refractivity contribution is 7.89. The molecule has 0 saturated carbocycles. The van der Waals surface area contributed by atoms with Crippen LogP contribution in [0, 0.1) is 0 Å². The number of benzene rings is 3. The van der Waals surface area contributed by atoms with Gasteiger partial charge in [0.05, 0.1) is 30.0 Å². The quantitative estimate of drug-likeness (QED) is 0.300. The number of amides is 1. The van der Waals surface area contributed by atoms with Crippen molar-refractivity contribution in [3.05, 3.63) is 102 Å². The third-order valence-electron chi connectivity index (χ3n) is 5.88. The summed E-state index contributed by atoms with van der Waals surface area (Å²) in [7, 11) is -3.72. The standard InChI is InChI=1S/C27H25N5O4S/c33-27(22-10-7-13-25(18-22)37(34,35)31-14-16-36-17-15-31)29-28-19-23-20-32(24-11-5-2-6-12-24)30-26(23)21-8-3-1-4-9-21/h1-13,18-20H,14-17H2,(H,29,33). The lowest BCUT2D eigenvalue weighted by Crippen LogP contribution is -2.40. The van der Waals surface area contributed by atoms with Crippen LogP contribution in [0.1, 0.15) is 15.9 Å². The van der Waals surface area contributed by atoms with Crippen LogP contribution in [0.3, 0.4) is 0 Å². The lowest BCUT2D eigenvalue weighted by atomic mass is 10.1. The molecule has 0 bridgehead atoms. The molecule has 1 saturated heterocycles. The van der Waals surface area contributed by atoms with Gasteiger partial charge in [0.25, 0.3) is 5.91 Å². The first-order valence-electron chi connectivity index (χ1n) is 11.7. The van der Waals surface area contributed by atoms with Crippen LogP contribution in [0.4, 0.5) is 0 Å². The normalized spacial score (nSPS) is 14.6. The summed E-state index contributed by atoms with van der Waals surface area (Å²) in [6.45, 7) is 1.26. The number of nitrogens with one attached hydrogen (secondary N) is 1. The highest BCUT2D eigenvalue weighted by atomic mass is 32.2. The Morgan fingerprint density at radius 3 is 2.38 bits per heavy atom. The molecule has 9 nitrogen and oxygen atoms in total. The lowest BCUT2D eigenvalue weighted by Gasteiger charge is -2.26. The van der Waals surface area contributed by atoms with Gasteiger partial charge in [-0.2, -0.15) is 14.5 Å². The minimum atomic E-state index is -3.72. The number of hydrogen-bond acceptors (Lipinski definition) is 6. The van der Waals surface area contributed by atoms with E-state index in [-0.39, 0.29) is 23.5 Å². The van der Waals surface area contributed by atoms with Crippen molar-refractivity contribution in [1.29, 1.82) is 0 Å². The van der Waals surface area contributed by atoms with E-state index >= 15 is 0 Å². The highest BCUT2D eigenvalue weighted by Gasteiger charge is 2.26. The minimum absolute atomic E-state index is 0.0570. The number of sulfonamides is 1. The average Bonchev–Trinajstić information content (AvgIpc) is 3.39. The molecule has 1 aliphatic heterocycles. The summed E-state index contributed by atoms with van der Waals surface area (Å²) in [5.74, 6) is -0.521. The number of nitrogens with zero attached hydrogens (tertiary/aromatic N) is 4. The molecule has 37 heavy (non-hydrogen) atoms. The summed E-state index contributed by atoms with van der Waals surface area (Å²) in [6.07, 6.45) is 3.36. The van der Waals surface area contributed by atoms with E-state index in [1.807, 2.05) is 66.9 Å². The van der Waals surface area contributed by atoms with Crippen molar-refractivity contribution >= 4 is 22.1 Å². The van der Waals surface area contributed by atoms with Crippen molar-refractivity contribution in [2.75, 3.05) is 26.3 Å². The van der Waals surface area contributed by atoms with Crippen LogP contribution in [0.25, 0.3) is 16.9 Å². The van der Waals surface area contributed by atoms with Crippen LogP contribution < -0.4 is 5.43 Å². The Kier molecular flexibility index (Phi) is 7.22. The Hall–Kier alpha value is -4.12. The molecule has 1 N–H and O–H groups in total. The van der Waals surface area contributed by atoms with Crippen LogP contribution in [-0.4, -0.2) is 60.9 Å². The van der Waals surface area contributed by atoms with Crippen molar-refractivity contribution in [2.45, 2.75) is 4.90 Å². The van der Waals surface area contributed by atoms with E-state index in [1.165, 1.54) is 22.7 Å². The van der Waals surface area contributed by atoms with Crippen molar-refractivity contribution in [3.63, 3.8) is 0 Å². The molecule has 1 aliphatic rings. The predicted octanol–water partition coefficient (Wildman–Crippen LogP) is 3.32. The third-order valence-corrected chi connectivity index (χ3v) is 7.78. The molecule has 2 heterocycles. The smallest absolute Gasteiger partial charge is 0.271 e. The van der Waals surface area contributed by atoms with Crippen LogP contribution in [0.15, 0.2) is 101 Å². The fourth-order valence-electron chi connectivity index (χ4n) is 3.97. The van der Waals surface area contributed by atoms with E-state index in [2.05, 4.69) is 10.5 Å². The number of carbonyl (C=O) groups excluding carboxylic acids is 1. The molecular weight excluding hydrogens is 490 g/mol. The van der Waals surface area contributed by atoms with Gasteiger partial charge >= 0.3 is 0 Å². The van der Waals surface area contributed by atoms with Gasteiger partial charge in [-0.3, -0.25) is 4.79 Å². The Balaban J connectivity index is 1.36. The number of hydrogen-bond donors (Lipinski definition) is 1. The zero-order valence-electron chi connectivity index (χ0n) is 19.9. The van der Waals surface area contributed by atoms with Crippen LogP contribution in [0.2, 0.25) is 0 Å². The lowest BCUT2D eigenvalue weighted by molar-refractivity contribution is 0.0730. The van der Waals surface area contributed by atoms with Gasteiger partial charge in [0.15, 0.2) is 0 Å². The Morgan fingerprint density at radius 1 is 0.946 bits per heavy atom.